The van der Waals surface area contributed by atoms with Crippen LogP contribution in [0.5, 0.6) is 0 Å². The van der Waals surface area contributed by atoms with E-state index in [0.717, 1.165) is 10.7 Å². The third kappa shape index (κ3) is 1.52. The fraction of sp³-hybridized carbons (Fsp3) is 0.143. The minimum Gasteiger partial charge on any atom is -0.468 e. The lowest BCUT2D eigenvalue weighted by Gasteiger charge is -1.97. The number of nitrogen functional groups attached to an aromatic ring is 1. The number of aromatic nitrogens is 3. The van der Waals surface area contributed by atoms with Gasteiger partial charge in [-0.3, -0.25) is 0 Å². The van der Waals surface area contributed by atoms with Crippen molar-refractivity contribution in [3.63, 3.8) is 0 Å². The molecule has 68 valence electrons. The van der Waals surface area contributed by atoms with E-state index in [9.17, 15) is 0 Å². The molecule has 2 aromatic heterocycles. The van der Waals surface area contributed by atoms with Gasteiger partial charge in [0.2, 0.25) is 5.16 Å². The zero-order valence-corrected chi connectivity index (χ0v) is 7.78. The van der Waals surface area contributed by atoms with Crippen molar-refractivity contribution in [1.82, 2.24) is 14.9 Å². The average Bonchev–Trinajstić information content (AvgIpc) is 2.65. The summed E-state index contributed by atoms with van der Waals surface area (Å²) in [6.07, 6.45) is 3.09. The molecule has 0 aliphatic carbocycles. The smallest absolute Gasteiger partial charge is 0.214 e. The first-order chi connectivity index (χ1) is 6.27. The Hall–Kier alpha value is -1.43. The summed E-state index contributed by atoms with van der Waals surface area (Å²) in [5.41, 5.74) is 0. The van der Waals surface area contributed by atoms with Gasteiger partial charge in [-0.1, -0.05) is 0 Å². The van der Waals surface area contributed by atoms with E-state index in [4.69, 9.17) is 10.3 Å². The molecule has 0 aliphatic heterocycles. The van der Waals surface area contributed by atoms with Crippen molar-refractivity contribution in [2.24, 2.45) is 0 Å². The second kappa shape index (κ2) is 3.14. The van der Waals surface area contributed by atoms with Crippen molar-refractivity contribution in [3.8, 4) is 0 Å². The molecule has 2 heterocycles. The van der Waals surface area contributed by atoms with Crippen LogP contribution in [0.2, 0.25) is 0 Å². The van der Waals surface area contributed by atoms with Crippen LogP contribution in [-0.4, -0.2) is 14.9 Å². The molecule has 0 amide bonds. The number of nitrogens with zero attached hydrogens (tertiary/aromatic N) is 3. The molecule has 0 saturated carbocycles. The van der Waals surface area contributed by atoms with Crippen LogP contribution in [0.4, 0.5) is 0 Å². The van der Waals surface area contributed by atoms with Crippen molar-refractivity contribution in [1.29, 1.82) is 0 Å². The molecule has 0 spiro atoms. The number of aryl methyl sites for hydroxylation is 1. The van der Waals surface area contributed by atoms with Crippen molar-refractivity contribution >= 4 is 11.8 Å². The number of nitrogens with two attached hydrogens (primary N) is 1. The Labute approximate surface area is 78.9 Å². The first kappa shape index (κ1) is 8.18. The lowest BCUT2D eigenvalue weighted by atomic mass is 10.5. The molecule has 2 N–H and O–H groups in total. The standard InChI is InChI=1S/C7H8N4OS/c1-5-6(2-3-12-5)13-7-10-9-4-11(7)8/h2-4H,8H2,1H3. The predicted octanol–water partition coefficient (Wildman–Crippen LogP) is 1.04. The highest BCUT2D eigenvalue weighted by atomic mass is 32.2. The van der Waals surface area contributed by atoms with Crippen LogP contribution in [0.25, 0.3) is 0 Å². The Morgan fingerprint density at radius 3 is 3.00 bits per heavy atom. The Kier molecular flexibility index (Phi) is 1.97. The molecule has 2 rings (SSSR count). The largest absolute Gasteiger partial charge is 0.468 e. The molecule has 0 bridgehead atoms. The highest BCUT2D eigenvalue weighted by Gasteiger charge is 2.07. The van der Waals surface area contributed by atoms with Gasteiger partial charge in [0.15, 0.2) is 0 Å². The van der Waals surface area contributed by atoms with Crippen LogP contribution >= 0.6 is 11.8 Å². The highest BCUT2D eigenvalue weighted by Crippen LogP contribution is 2.28. The number of furan rings is 1. The molecule has 0 fully saturated rings. The monoisotopic (exact) mass is 196 g/mol. The number of rotatable bonds is 2. The Balaban J connectivity index is 2.24. The summed E-state index contributed by atoms with van der Waals surface area (Å²) < 4.78 is 6.51. The van der Waals surface area contributed by atoms with Gasteiger partial charge in [-0.15, -0.1) is 10.2 Å². The Morgan fingerprint density at radius 1 is 1.62 bits per heavy atom. The van der Waals surface area contributed by atoms with Crippen LogP contribution in [0.3, 0.4) is 0 Å². The van der Waals surface area contributed by atoms with Crippen molar-refractivity contribution in [2.45, 2.75) is 17.0 Å². The zero-order valence-electron chi connectivity index (χ0n) is 6.97. The minimum absolute atomic E-state index is 0.643. The average molecular weight is 196 g/mol. The van der Waals surface area contributed by atoms with E-state index in [2.05, 4.69) is 10.2 Å². The molecule has 0 aliphatic rings. The van der Waals surface area contributed by atoms with Crippen LogP contribution in [0.1, 0.15) is 5.76 Å². The van der Waals surface area contributed by atoms with Crippen LogP contribution in [0.15, 0.2) is 33.1 Å². The van der Waals surface area contributed by atoms with E-state index >= 15 is 0 Å². The molecule has 0 unspecified atom stereocenters. The first-order valence-corrected chi connectivity index (χ1v) is 4.46. The van der Waals surface area contributed by atoms with E-state index < -0.39 is 0 Å². The van der Waals surface area contributed by atoms with Crippen molar-refractivity contribution in [3.05, 3.63) is 24.4 Å². The normalized spacial score (nSPS) is 10.5. The van der Waals surface area contributed by atoms with E-state index in [0.29, 0.717) is 5.16 Å². The molecule has 0 aromatic carbocycles. The predicted molar refractivity (Wildman–Crippen MR) is 47.7 cm³/mol. The zero-order chi connectivity index (χ0) is 9.26. The van der Waals surface area contributed by atoms with Crippen molar-refractivity contribution < 1.29 is 4.42 Å². The molecule has 6 heteroatoms. The second-order valence-corrected chi connectivity index (χ2v) is 3.47. The van der Waals surface area contributed by atoms with Gasteiger partial charge in [0.05, 0.1) is 11.2 Å². The molecule has 2 aromatic rings. The van der Waals surface area contributed by atoms with Crippen LogP contribution in [-0.2, 0) is 0 Å². The third-order valence-corrected chi connectivity index (χ3v) is 2.67. The molecule has 0 radical (unpaired) electrons. The number of hydrogen-bond donors (Lipinski definition) is 1. The van der Waals surface area contributed by atoms with E-state index in [1.807, 2.05) is 13.0 Å². The highest BCUT2D eigenvalue weighted by molar-refractivity contribution is 7.99. The fourth-order valence-corrected chi connectivity index (χ4v) is 1.64. The topological polar surface area (TPSA) is 69.9 Å². The molecule has 0 saturated heterocycles. The summed E-state index contributed by atoms with van der Waals surface area (Å²) in [4.78, 5) is 1.000. The quantitative estimate of drug-likeness (QED) is 0.727. The third-order valence-electron chi connectivity index (χ3n) is 1.55. The van der Waals surface area contributed by atoms with Gasteiger partial charge in [-0.2, -0.15) is 0 Å². The molecule has 13 heavy (non-hydrogen) atoms. The fourth-order valence-electron chi connectivity index (χ4n) is 0.883. The maximum Gasteiger partial charge on any atom is 0.214 e. The number of hydrogen-bond acceptors (Lipinski definition) is 5. The Morgan fingerprint density at radius 2 is 2.46 bits per heavy atom. The van der Waals surface area contributed by atoms with Gasteiger partial charge in [0.25, 0.3) is 0 Å². The summed E-state index contributed by atoms with van der Waals surface area (Å²) in [6.45, 7) is 1.89. The van der Waals surface area contributed by atoms with E-state index in [1.54, 1.807) is 6.26 Å². The van der Waals surface area contributed by atoms with Gasteiger partial charge in [0, 0.05) is 0 Å². The van der Waals surface area contributed by atoms with Gasteiger partial charge in [-0.25, -0.2) is 4.68 Å². The van der Waals surface area contributed by atoms with Gasteiger partial charge >= 0.3 is 0 Å². The van der Waals surface area contributed by atoms with Crippen LogP contribution in [0, 0.1) is 6.92 Å². The lowest BCUT2D eigenvalue weighted by molar-refractivity contribution is 0.526. The van der Waals surface area contributed by atoms with Gasteiger partial charge < -0.3 is 10.3 Å². The molecular weight excluding hydrogens is 188 g/mol. The molecular formula is C7H8N4OS. The maximum atomic E-state index is 5.55. The molecule has 0 atom stereocenters. The minimum atomic E-state index is 0.643. The van der Waals surface area contributed by atoms with E-state index in [-0.39, 0.29) is 0 Å². The summed E-state index contributed by atoms with van der Waals surface area (Å²) in [5.74, 6) is 6.40. The maximum absolute atomic E-state index is 5.55. The van der Waals surface area contributed by atoms with Crippen molar-refractivity contribution in [2.75, 3.05) is 5.84 Å². The second-order valence-electron chi connectivity index (χ2n) is 2.46. The Bertz CT molecular complexity index is 370. The van der Waals surface area contributed by atoms with Gasteiger partial charge in [0.1, 0.15) is 12.1 Å². The summed E-state index contributed by atoms with van der Waals surface area (Å²) in [6, 6.07) is 1.87. The van der Waals surface area contributed by atoms with E-state index in [1.165, 1.54) is 22.8 Å². The van der Waals surface area contributed by atoms with Crippen LogP contribution < -0.4 is 5.84 Å². The lowest BCUT2D eigenvalue weighted by Crippen LogP contribution is -2.07. The summed E-state index contributed by atoms with van der Waals surface area (Å²) in [7, 11) is 0. The van der Waals surface area contributed by atoms with Gasteiger partial charge in [-0.05, 0) is 24.8 Å². The first-order valence-electron chi connectivity index (χ1n) is 3.64. The summed E-state index contributed by atoms with van der Waals surface area (Å²) in [5, 5.41) is 8.15. The summed E-state index contributed by atoms with van der Waals surface area (Å²) >= 11 is 1.42. The SMILES string of the molecule is Cc1occc1Sc1nncn1N. The molecule has 5 nitrogen and oxygen atoms in total.